The molecule has 0 N–H and O–H groups in total. The summed E-state index contributed by atoms with van der Waals surface area (Å²) in [5.74, 6) is 0.630. The molecule has 1 aromatic rings. The van der Waals surface area contributed by atoms with Crippen LogP contribution in [-0.2, 0) is 11.8 Å². The van der Waals surface area contributed by atoms with E-state index in [9.17, 15) is 9.59 Å². The van der Waals surface area contributed by atoms with Gasteiger partial charge in [-0.25, -0.2) is 0 Å². The topological polar surface area (TPSA) is 51.5 Å². The summed E-state index contributed by atoms with van der Waals surface area (Å²) in [6.45, 7) is 7.65. The van der Waals surface area contributed by atoms with Crippen LogP contribution in [0.2, 0.25) is 0 Å². The van der Waals surface area contributed by atoms with Crippen LogP contribution in [0.25, 0.3) is 0 Å². The van der Waals surface area contributed by atoms with Gasteiger partial charge < -0.3 is 14.2 Å². The van der Waals surface area contributed by atoms with Crippen LogP contribution in [0.4, 0.5) is 0 Å². The molecule has 1 unspecified atom stereocenters. The van der Waals surface area contributed by atoms with Crippen LogP contribution in [0.15, 0.2) is 17.1 Å². The summed E-state index contributed by atoms with van der Waals surface area (Å²) in [6, 6.07) is 1.69. The Morgan fingerprint density at radius 1 is 1.32 bits per heavy atom. The first-order valence-electron chi connectivity index (χ1n) is 8.14. The van der Waals surface area contributed by atoms with Gasteiger partial charge in [-0.1, -0.05) is 13.8 Å². The highest BCUT2D eigenvalue weighted by molar-refractivity contribution is 5.94. The number of hydrogen-bond donors (Lipinski definition) is 0. The smallest absolute Gasteiger partial charge is 0.255 e. The van der Waals surface area contributed by atoms with Crippen molar-refractivity contribution in [1.82, 2.24) is 9.47 Å². The monoisotopic (exact) mass is 306 g/mol. The van der Waals surface area contributed by atoms with E-state index in [-0.39, 0.29) is 17.6 Å². The normalized spacial score (nSPS) is 21.1. The van der Waals surface area contributed by atoms with Gasteiger partial charge in [0.15, 0.2) is 0 Å². The minimum atomic E-state index is -0.0561. The second-order valence-electron chi connectivity index (χ2n) is 5.83. The highest BCUT2D eigenvalue weighted by Crippen LogP contribution is 2.35. The second kappa shape index (κ2) is 7.09. The maximum atomic E-state index is 12.6. The summed E-state index contributed by atoms with van der Waals surface area (Å²) in [5.41, 5.74) is 1.13. The Hall–Kier alpha value is -1.62. The number of nitrogens with zero attached hydrogens (tertiary/aromatic N) is 2. The van der Waals surface area contributed by atoms with Gasteiger partial charge in [0.25, 0.3) is 11.5 Å². The Kier molecular flexibility index (Phi) is 5.40. The Balaban J connectivity index is 0.000000847. The third-order valence-electron chi connectivity index (χ3n) is 4.14. The lowest BCUT2D eigenvalue weighted by Crippen LogP contribution is -2.46. The molecule has 0 spiro atoms. The summed E-state index contributed by atoms with van der Waals surface area (Å²) in [5, 5.41) is 0. The molecule has 0 radical (unpaired) electrons. The van der Waals surface area contributed by atoms with Crippen LogP contribution in [0.1, 0.15) is 42.6 Å². The lowest BCUT2D eigenvalue weighted by Gasteiger charge is -2.33. The average Bonchev–Trinajstić information content (AvgIpc) is 3.38. The standard InChI is InChI=1S/C15H20N2O3.C2H6/c1-10-7-12(8-16(2)14(10)18)15(19)17-5-6-20-13(9-17)11-3-4-11;1-2/h7-8,11,13H,3-6,9H2,1-2H3;1-2H3. The molecule has 0 bridgehead atoms. The Morgan fingerprint density at radius 3 is 2.59 bits per heavy atom. The first-order valence-corrected chi connectivity index (χ1v) is 8.14. The number of pyridine rings is 1. The second-order valence-corrected chi connectivity index (χ2v) is 5.83. The maximum Gasteiger partial charge on any atom is 0.255 e. The molecular weight excluding hydrogens is 280 g/mol. The van der Waals surface area contributed by atoms with E-state index >= 15 is 0 Å². The van der Waals surface area contributed by atoms with Crippen molar-refractivity contribution < 1.29 is 9.53 Å². The quantitative estimate of drug-likeness (QED) is 0.839. The largest absolute Gasteiger partial charge is 0.374 e. The van der Waals surface area contributed by atoms with E-state index in [1.807, 2.05) is 18.7 Å². The van der Waals surface area contributed by atoms with Gasteiger partial charge in [-0.3, -0.25) is 9.59 Å². The number of carbonyl (C=O) groups excluding carboxylic acids is 1. The highest BCUT2D eigenvalue weighted by Gasteiger charge is 2.36. The van der Waals surface area contributed by atoms with Gasteiger partial charge in [-0.15, -0.1) is 0 Å². The van der Waals surface area contributed by atoms with Crippen molar-refractivity contribution in [3.8, 4) is 0 Å². The van der Waals surface area contributed by atoms with Gasteiger partial charge in [-0.2, -0.15) is 0 Å². The first kappa shape index (κ1) is 16.7. The van der Waals surface area contributed by atoms with Crippen LogP contribution >= 0.6 is 0 Å². The molecule has 3 rings (SSSR count). The predicted octanol–water partition coefficient (Wildman–Crippen LogP) is 1.97. The summed E-state index contributed by atoms with van der Waals surface area (Å²) >= 11 is 0. The molecule has 2 aliphatic rings. The van der Waals surface area contributed by atoms with E-state index in [0.717, 1.165) is 0 Å². The molecule has 5 nitrogen and oxygen atoms in total. The number of carbonyl (C=O) groups is 1. The van der Waals surface area contributed by atoms with Crippen LogP contribution < -0.4 is 5.56 Å². The van der Waals surface area contributed by atoms with Gasteiger partial charge >= 0.3 is 0 Å². The van der Waals surface area contributed by atoms with Crippen molar-refractivity contribution in [2.75, 3.05) is 19.7 Å². The Bertz CT molecular complexity index is 564. The minimum Gasteiger partial charge on any atom is -0.374 e. The van der Waals surface area contributed by atoms with E-state index in [1.165, 1.54) is 17.4 Å². The van der Waals surface area contributed by atoms with Crippen molar-refractivity contribution in [3.05, 3.63) is 33.7 Å². The third kappa shape index (κ3) is 3.58. The van der Waals surface area contributed by atoms with Gasteiger partial charge in [0.1, 0.15) is 0 Å². The van der Waals surface area contributed by atoms with Crippen molar-refractivity contribution >= 4 is 5.91 Å². The number of aromatic nitrogens is 1. The minimum absolute atomic E-state index is 0.00218. The zero-order valence-electron chi connectivity index (χ0n) is 14.0. The van der Waals surface area contributed by atoms with Gasteiger partial charge in [0.2, 0.25) is 0 Å². The number of aryl methyl sites for hydroxylation is 2. The highest BCUT2D eigenvalue weighted by atomic mass is 16.5. The zero-order chi connectivity index (χ0) is 16.3. The van der Waals surface area contributed by atoms with Crippen molar-refractivity contribution in [1.29, 1.82) is 0 Å². The summed E-state index contributed by atoms with van der Waals surface area (Å²) < 4.78 is 7.21. The zero-order valence-corrected chi connectivity index (χ0v) is 14.0. The molecule has 1 saturated carbocycles. The van der Waals surface area contributed by atoms with E-state index in [0.29, 0.717) is 36.7 Å². The average molecular weight is 306 g/mol. The first-order chi connectivity index (χ1) is 10.6. The molecule has 1 aromatic heterocycles. The molecule has 5 heteroatoms. The molecule has 1 aliphatic heterocycles. The van der Waals surface area contributed by atoms with Crippen LogP contribution in [0.3, 0.4) is 0 Å². The fraction of sp³-hybridized carbons (Fsp3) is 0.647. The van der Waals surface area contributed by atoms with Crippen LogP contribution in [0.5, 0.6) is 0 Å². The molecule has 1 amide bonds. The predicted molar refractivity (Wildman–Crippen MR) is 86.1 cm³/mol. The van der Waals surface area contributed by atoms with E-state index in [4.69, 9.17) is 4.74 Å². The molecule has 122 valence electrons. The molecular formula is C17H26N2O3. The van der Waals surface area contributed by atoms with Crippen LogP contribution in [0, 0.1) is 12.8 Å². The summed E-state index contributed by atoms with van der Waals surface area (Å²) in [7, 11) is 1.68. The summed E-state index contributed by atoms with van der Waals surface area (Å²) in [6.07, 6.45) is 4.25. The number of hydrogen-bond acceptors (Lipinski definition) is 3. The van der Waals surface area contributed by atoms with E-state index < -0.39 is 0 Å². The number of ether oxygens (including phenoxy) is 1. The Labute approximate surface area is 131 Å². The van der Waals surface area contributed by atoms with Gasteiger partial charge in [0.05, 0.1) is 18.3 Å². The number of amides is 1. The molecule has 1 aliphatic carbocycles. The fourth-order valence-corrected chi connectivity index (χ4v) is 2.79. The SMILES string of the molecule is CC.Cc1cc(C(=O)N2CCOC(C3CC3)C2)cn(C)c1=O. The van der Waals surface area contributed by atoms with Gasteiger partial charge in [-0.05, 0) is 31.7 Å². The van der Waals surface area contributed by atoms with Gasteiger partial charge in [0, 0.05) is 31.9 Å². The van der Waals surface area contributed by atoms with Crippen molar-refractivity contribution in [2.45, 2.75) is 39.7 Å². The number of morpholine rings is 1. The van der Waals surface area contributed by atoms with E-state index in [1.54, 1.807) is 26.2 Å². The molecule has 1 saturated heterocycles. The Morgan fingerprint density at radius 2 is 2.00 bits per heavy atom. The summed E-state index contributed by atoms with van der Waals surface area (Å²) in [4.78, 5) is 26.1. The lowest BCUT2D eigenvalue weighted by atomic mass is 10.1. The molecule has 1 atom stereocenters. The molecule has 0 aromatic carbocycles. The third-order valence-corrected chi connectivity index (χ3v) is 4.14. The van der Waals surface area contributed by atoms with Crippen LogP contribution in [-0.4, -0.2) is 41.2 Å². The lowest BCUT2D eigenvalue weighted by molar-refractivity contribution is -0.0314. The maximum absolute atomic E-state index is 12.6. The molecule has 22 heavy (non-hydrogen) atoms. The van der Waals surface area contributed by atoms with Crippen molar-refractivity contribution in [2.24, 2.45) is 13.0 Å². The number of rotatable bonds is 2. The molecule has 2 fully saturated rings. The van der Waals surface area contributed by atoms with Crippen molar-refractivity contribution in [3.63, 3.8) is 0 Å². The fourth-order valence-electron chi connectivity index (χ4n) is 2.79. The van der Waals surface area contributed by atoms with E-state index in [2.05, 4.69) is 0 Å². The molecule has 2 heterocycles.